The molecule has 10 rings (SSSR count). The number of benzene rings is 4. The van der Waals surface area contributed by atoms with E-state index in [9.17, 15) is 0 Å². The van der Waals surface area contributed by atoms with Crippen LogP contribution in [0.25, 0.3) is 101 Å². The molecule has 0 aliphatic rings. The summed E-state index contributed by atoms with van der Waals surface area (Å²) in [5, 5.41) is 4.44. The molecule has 0 saturated heterocycles. The molecule has 0 radical (unpaired) electrons. The predicted octanol–water partition coefficient (Wildman–Crippen LogP) is 10.8. The molecule has 0 unspecified atom stereocenters. The number of aromatic nitrogens is 8. The fraction of sp³-hybridized carbons (Fsp3) is 0. The third kappa shape index (κ3) is 6.31. The molecule has 0 amide bonds. The number of nitrogens with zero attached hydrogens (tertiary/aromatic N) is 8. The quantitative estimate of drug-likeness (QED) is 0.160. The predicted molar refractivity (Wildman–Crippen MR) is 222 cm³/mol. The summed E-state index contributed by atoms with van der Waals surface area (Å²) in [6.45, 7) is 0. The fourth-order valence-corrected chi connectivity index (χ4v) is 7.01. The van der Waals surface area contributed by atoms with Crippen molar-refractivity contribution in [2.45, 2.75) is 0 Å². The molecule has 0 aliphatic heterocycles. The summed E-state index contributed by atoms with van der Waals surface area (Å²) in [4.78, 5) is 38.4. The molecule has 0 saturated carbocycles. The Morgan fingerprint density at radius 3 is 1.14 bits per heavy atom. The molecular formula is C48H30N8. The Hall–Kier alpha value is -7.84. The van der Waals surface area contributed by atoms with Gasteiger partial charge in [0.15, 0.2) is 11.6 Å². The standard InChI is InChI=1S/C48H30N8/c1-3-11-37-31(7-1)9-5-13-39(37)47-53-43(33-19-23-49-24-20-33)27-45(55-47)41-17-15-35(29-51-41)36-16-18-42(52-30-36)46-28-44(34-21-25-50-26-22-34)54-48(56-46)40-14-6-10-32-8-2-4-12-38(32)40/h1-30H. The topological polar surface area (TPSA) is 103 Å². The number of fused-ring (bicyclic) bond motifs is 2. The van der Waals surface area contributed by atoms with Crippen molar-refractivity contribution < 1.29 is 0 Å². The zero-order chi connectivity index (χ0) is 37.3. The van der Waals surface area contributed by atoms with Gasteiger partial charge in [-0.1, -0.05) is 97.1 Å². The molecular weight excluding hydrogens is 689 g/mol. The lowest BCUT2D eigenvalue weighted by Crippen LogP contribution is -1.98. The highest BCUT2D eigenvalue weighted by molar-refractivity contribution is 5.96. The van der Waals surface area contributed by atoms with E-state index < -0.39 is 0 Å². The van der Waals surface area contributed by atoms with Crippen LogP contribution in [0.4, 0.5) is 0 Å². The monoisotopic (exact) mass is 718 g/mol. The molecule has 6 aromatic heterocycles. The van der Waals surface area contributed by atoms with Gasteiger partial charge in [0.05, 0.1) is 34.2 Å². The van der Waals surface area contributed by atoms with Gasteiger partial charge in [-0.3, -0.25) is 19.9 Å². The van der Waals surface area contributed by atoms with Crippen LogP contribution in [0.15, 0.2) is 183 Å². The Labute approximate surface area is 322 Å². The van der Waals surface area contributed by atoms with Crippen LogP contribution in [-0.2, 0) is 0 Å². The maximum Gasteiger partial charge on any atom is 0.161 e. The average molecular weight is 719 g/mol. The second-order valence-corrected chi connectivity index (χ2v) is 13.3. The second kappa shape index (κ2) is 14.2. The highest BCUT2D eigenvalue weighted by Crippen LogP contribution is 2.33. The van der Waals surface area contributed by atoms with Crippen LogP contribution in [0, 0.1) is 0 Å². The van der Waals surface area contributed by atoms with Crippen LogP contribution in [0.2, 0.25) is 0 Å². The lowest BCUT2D eigenvalue weighted by atomic mass is 10.0. The van der Waals surface area contributed by atoms with E-state index in [1.54, 1.807) is 24.8 Å². The Morgan fingerprint density at radius 2 is 0.714 bits per heavy atom. The molecule has 0 atom stereocenters. The average Bonchev–Trinajstić information content (AvgIpc) is 3.29. The summed E-state index contributed by atoms with van der Waals surface area (Å²) in [5.74, 6) is 1.27. The van der Waals surface area contributed by atoms with Crippen molar-refractivity contribution in [3.05, 3.63) is 183 Å². The minimum Gasteiger partial charge on any atom is -0.265 e. The van der Waals surface area contributed by atoms with Crippen molar-refractivity contribution in [3.63, 3.8) is 0 Å². The highest BCUT2D eigenvalue weighted by Gasteiger charge is 2.16. The first-order valence-corrected chi connectivity index (χ1v) is 18.2. The molecule has 0 aliphatic carbocycles. The van der Waals surface area contributed by atoms with Crippen LogP contribution >= 0.6 is 0 Å². The van der Waals surface area contributed by atoms with Gasteiger partial charge in [0.25, 0.3) is 0 Å². The van der Waals surface area contributed by atoms with E-state index in [1.807, 2.05) is 97.3 Å². The molecule has 0 N–H and O–H groups in total. The molecule has 0 spiro atoms. The third-order valence-corrected chi connectivity index (χ3v) is 9.85. The Bertz CT molecular complexity index is 2790. The van der Waals surface area contributed by atoms with Crippen LogP contribution in [0.3, 0.4) is 0 Å². The van der Waals surface area contributed by atoms with Gasteiger partial charge in [-0.05, 0) is 70.1 Å². The van der Waals surface area contributed by atoms with E-state index in [1.165, 1.54) is 0 Å². The van der Waals surface area contributed by atoms with Gasteiger partial charge in [-0.15, -0.1) is 0 Å². The largest absolute Gasteiger partial charge is 0.265 e. The molecule has 0 fully saturated rings. The zero-order valence-corrected chi connectivity index (χ0v) is 29.9. The van der Waals surface area contributed by atoms with Crippen LogP contribution in [0.5, 0.6) is 0 Å². The fourth-order valence-electron chi connectivity index (χ4n) is 7.01. The first-order chi connectivity index (χ1) is 27.7. The summed E-state index contributed by atoms with van der Waals surface area (Å²) in [5.41, 5.74) is 10.2. The molecule has 8 heteroatoms. The number of rotatable bonds is 7. The van der Waals surface area contributed by atoms with Crippen molar-refractivity contribution in [1.82, 2.24) is 39.9 Å². The van der Waals surface area contributed by atoms with Crippen LogP contribution in [0.1, 0.15) is 0 Å². The Morgan fingerprint density at radius 1 is 0.304 bits per heavy atom. The van der Waals surface area contributed by atoms with Gasteiger partial charge < -0.3 is 0 Å². The number of pyridine rings is 4. The lowest BCUT2D eigenvalue weighted by Gasteiger charge is -2.11. The molecule has 0 bridgehead atoms. The second-order valence-electron chi connectivity index (χ2n) is 13.3. The first kappa shape index (κ1) is 32.8. The maximum atomic E-state index is 5.05. The Balaban J connectivity index is 1.000. The van der Waals surface area contributed by atoms with Gasteiger partial charge in [0, 0.05) is 70.6 Å². The normalized spacial score (nSPS) is 11.2. The van der Waals surface area contributed by atoms with Crippen molar-refractivity contribution in [2.75, 3.05) is 0 Å². The number of hydrogen-bond donors (Lipinski definition) is 0. The molecule has 56 heavy (non-hydrogen) atoms. The van der Waals surface area contributed by atoms with Gasteiger partial charge in [-0.2, -0.15) is 0 Å². The molecule has 4 aromatic carbocycles. The molecule has 10 aromatic rings. The minimum atomic E-state index is 0.636. The first-order valence-electron chi connectivity index (χ1n) is 18.2. The molecule has 6 heterocycles. The van der Waals surface area contributed by atoms with E-state index in [2.05, 4.69) is 70.6 Å². The van der Waals surface area contributed by atoms with Gasteiger partial charge in [0.2, 0.25) is 0 Å². The van der Waals surface area contributed by atoms with Gasteiger partial charge >= 0.3 is 0 Å². The summed E-state index contributed by atoms with van der Waals surface area (Å²) < 4.78 is 0. The van der Waals surface area contributed by atoms with Crippen molar-refractivity contribution >= 4 is 21.5 Å². The highest BCUT2D eigenvalue weighted by atomic mass is 14.9. The third-order valence-electron chi connectivity index (χ3n) is 9.85. The SMILES string of the molecule is c1ccc2c(-c3nc(-c4ccncc4)cc(-c4ccc(-c5ccc(-c6cc(-c7ccncc7)nc(-c7cccc8ccccc78)n6)nc5)cn4)n3)cccc2c1. The molecule has 8 nitrogen and oxygen atoms in total. The van der Waals surface area contributed by atoms with Crippen molar-refractivity contribution in [3.8, 4) is 79.2 Å². The van der Waals surface area contributed by atoms with Crippen LogP contribution in [-0.4, -0.2) is 39.9 Å². The maximum absolute atomic E-state index is 5.05. The Kier molecular flexibility index (Phi) is 8.31. The summed E-state index contributed by atoms with van der Waals surface area (Å²) >= 11 is 0. The molecule has 262 valence electrons. The lowest BCUT2D eigenvalue weighted by molar-refractivity contribution is 1.16. The van der Waals surface area contributed by atoms with Gasteiger partial charge in [-0.25, -0.2) is 19.9 Å². The van der Waals surface area contributed by atoms with E-state index in [0.717, 1.165) is 89.1 Å². The van der Waals surface area contributed by atoms with Crippen LogP contribution < -0.4 is 0 Å². The summed E-state index contributed by atoms with van der Waals surface area (Å²) in [7, 11) is 0. The zero-order valence-electron chi connectivity index (χ0n) is 29.9. The van der Waals surface area contributed by atoms with E-state index in [4.69, 9.17) is 29.9 Å². The minimum absolute atomic E-state index is 0.636. The summed E-state index contributed by atoms with van der Waals surface area (Å²) in [6, 6.07) is 48.9. The van der Waals surface area contributed by atoms with Crippen molar-refractivity contribution in [1.29, 1.82) is 0 Å². The smallest absolute Gasteiger partial charge is 0.161 e. The van der Waals surface area contributed by atoms with E-state index in [-0.39, 0.29) is 0 Å². The van der Waals surface area contributed by atoms with E-state index in [0.29, 0.717) is 11.6 Å². The van der Waals surface area contributed by atoms with Gasteiger partial charge in [0.1, 0.15) is 0 Å². The summed E-state index contributed by atoms with van der Waals surface area (Å²) in [6.07, 6.45) is 10.8. The van der Waals surface area contributed by atoms with Crippen molar-refractivity contribution in [2.24, 2.45) is 0 Å². The number of hydrogen-bond acceptors (Lipinski definition) is 8. The van der Waals surface area contributed by atoms with E-state index >= 15 is 0 Å².